The third-order valence-corrected chi connectivity index (χ3v) is 3.65. The Labute approximate surface area is 123 Å². The van der Waals surface area contributed by atoms with Gasteiger partial charge in [-0.25, -0.2) is 4.39 Å². The van der Waals surface area contributed by atoms with E-state index in [1.165, 1.54) is 12.1 Å². The zero-order valence-electron chi connectivity index (χ0n) is 10.3. The number of halogens is 2. The van der Waals surface area contributed by atoms with Crippen LogP contribution in [0.4, 0.5) is 4.39 Å². The normalized spacial score (nSPS) is 17.5. The molecule has 0 saturated heterocycles. The fraction of sp³-hybridized carbons (Fsp3) is 0.133. The first kappa shape index (κ1) is 13.1. The maximum atomic E-state index is 13.3. The van der Waals surface area contributed by atoms with Gasteiger partial charge in [0.25, 0.3) is 0 Å². The van der Waals surface area contributed by atoms with Crippen LogP contribution in [0.15, 0.2) is 40.9 Å². The van der Waals surface area contributed by atoms with Crippen LogP contribution in [0.2, 0.25) is 0 Å². The highest BCUT2D eigenvalue weighted by molar-refractivity contribution is 9.10. The summed E-state index contributed by atoms with van der Waals surface area (Å²) in [4.78, 5) is 12.1. The summed E-state index contributed by atoms with van der Waals surface area (Å²) in [5.41, 5.74) is 0.964. The molecule has 0 saturated carbocycles. The van der Waals surface area contributed by atoms with Gasteiger partial charge in [0, 0.05) is 10.5 Å². The van der Waals surface area contributed by atoms with Crippen molar-refractivity contribution >= 4 is 21.7 Å². The van der Waals surface area contributed by atoms with Crippen LogP contribution in [-0.4, -0.2) is 10.9 Å². The molecule has 5 heteroatoms. The molecular formula is C15H10BrFO3. The van der Waals surface area contributed by atoms with Gasteiger partial charge in [0.2, 0.25) is 0 Å². The summed E-state index contributed by atoms with van der Waals surface area (Å²) < 4.78 is 19.9. The molecule has 0 bridgehead atoms. The van der Waals surface area contributed by atoms with Gasteiger partial charge in [-0.05, 0) is 35.9 Å². The largest absolute Gasteiger partial charge is 0.508 e. The van der Waals surface area contributed by atoms with Crippen LogP contribution in [0.5, 0.6) is 11.5 Å². The highest BCUT2D eigenvalue weighted by Gasteiger charge is 2.28. The number of phenolic OH excluding ortho intramolecular Hbond substituents is 1. The Morgan fingerprint density at radius 3 is 2.80 bits per heavy atom. The van der Waals surface area contributed by atoms with Crippen LogP contribution in [0.25, 0.3) is 0 Å². The molecule has 2 aromatic carbocycles. The van der Waals surface area contributed by atoms with Crippen LogP contribution < -0.4 is 4.74 Å². The summed E-state index contributed by atoms with van der Waals surface area (Å²) in [7, 11) is 0. The van der Waals surface area contributed by atoms with Crippen LogP contribution in [0.3, 0.4) is 0 Å². The fourth-order valence-corrected chi connectivity index (χ4v) is 2.61. The third-order valence-electron chi connectivity index (χ3n) is 3.16. The highest BCUT2D eigenvalue weighted by Crippen LogP contribution is 2.37. The Morgan fingerprint density at radius 1 is 1.25 bits per heavy atom. The van der Waals surface area contributed by atoms with Gasteiger partial charge >= 0.3 is 0 Å². The minimum absolute atomic E-state index is 0.0625. The molecule has 0 aromatic heterocycles. The maximum Gasteiger partial charge on any atom is 0.170 e. The lowest BCUT2D eigenvalue weighted by atomic mass is 9.96. The van der Waals surface area contributed by atoms with Gasteiger partial charge in [-0.3, -0.25) is 4.79 Å². The third kappa shape index (κ3) is 2.41. The smallest absolute Gasteiger partial charge is 0.170 e. The van der Waals surface area contributed by atoms with Gasteiger partial charge in [-0.1, -0.05) is 15.9 Å². The number of hydrogen-bond acceptors (Lipinski definition) is 3. The van der Waals surface area contributed by atoms with E-state index < -0.39 is 11.9 Å². The first-order chi connectivity index (χ1) is 9.52. The standard InChI is InChI=1S/C15H10BrFO3/c16-9-1-2-12-13(19)7-14(20-15(12)5-9)8-3-10(17)6-11(18)4-8/h1-6,14,18H,7H2. The summed E-state index contributed by atoms with van der Waals surface area (Å²) in [6.45, 7) is 0. The molecule has 1 atom stereocenters. The minimum atomic E-state index is -0.592. The zero-order valence-corrected chi connectivity index (χ0v) is 11.9. The van der Waals surface area contributed by atoms with Crippen molar-refractivity contribution in [2.24, 2.45) is 0 Å². The quantitative estimate of drug-likeness (QED) is 0.856. The average Bonchev–Trinajstić information content (AvgIpc) is 2.36. The predicted molar refractivity (Wildman–Crippen MR) is 74.5 cm³/mol. The van der Waals surface area contributed by atoms with E-state index in [9.17, 15) is 14.3 Å². The van der Waals surface area contributed by atoms with E-state index in [0.717, 1.165) is 10.5 Å². The maximum absolute atomic E-state index is 13.3. The second-order valence-corrected chi connectivity index (χ2v) is 5.53. The van der Waals surface area contributed by atoms with Crippen molar-refractivity contribution in [1.82, 2.24) is 0 Å². The van der Waals surface area contributed by atoms with Crippen molar-refractivity contribution in [2.45, 2.75) is 12.5 Å². The monoisotopic (exact) mass is 336 g/mol. The van der Waals surface area contributed by atoms with Crippen LogP contribution in [0.1, 0.15) is 28.4 Å². The number of carbonyl (C=O) groups excluding carboxylic acids is 1. The Morgan fingerprint density at radius 2 is 2.05 bits per heavy atom. The average molecular weight is 337 g/mol. The van der Waals surface area contributed by atoms with Crippen molar-refractivity contribution in [3.8, 4) is 11.5 Å². The second kappa shape index (κ2) is 4.90. The van der Waals surface area contributed by atoms with E-state index in [2.05, 4.69) is 15.9 Å². The highest BCUT2D eigenvalue weighted by atomic mass is 79.9. The number of aromatic hydroxyl groups is 1. The van der Waals surface area contributed by atoms with Crippen molar-refractivity contribution in [3.63, 3.8) is 0 Å². The molecule has 1 unspecified atom stereocenters. The molecule has 0 amide bonds. The van der Waals surface area contributed by atoms with Gasteiger partial charge < -0.3 is 9.84 Å². The first-order valence-electron chi connectivity index (χ1n) is 6.02. The van der Waals surface area contributed by atoms with Crippen molar-refractivity contribution in [2.75, 3.05) is 0 Å². The summed E-state index contributed by atoms with van der Waals surface area (Å²) in [6.07, 6.45) is -0.469. The summed E-state index contributed by atoms with van der Waals surface area (Å²) in [6, 6.07) is 8.86. The van der Waals surface area contributed by atoms with Crippen LogP contribution in [0, 0.1) is 5.82 Å². The molecular weight excluding hydrogens is 327 g/mol. The lowest BCUT2D eigenvalue weighted by Gasteiger charge is -2.25. The molecule has 0 spiro atoms. The van der Waals surface area contributed by atoms with E-state index >= 15 is 0 Å². The second-order valence-electron chi connectivity index (χ2n) is 4.62. The van der Waals surface area contributed by atoms with E-state index in [1.807, 2.05) is 0 Å². The van der Waals surface area contributed by atoms with E-state index in [1.54, 1.807) is 18.2 Å². The molecule has 1 aliphatic heterocycles. The predicted octanol–water partition coefficient (Wildman–Crippen LogP) is 4.00. The molecule has 1 heterocycles. The summed E-state index contributed by atoms with van der Waals surface area (Å²) in [5, 5.41) is 9.44. The van der Waals surface area contributed by atoms with Crippen molar-refractivity contribution in [1.29, 1.82) is 0 Å². The number of ketones is 1. The molecule has 0 fully saturated rings. The van der Waals surface area contributed by atoms with Gasteiger partial charge in [-0.15, -0.1) is 0 Å². The topological polar surface area (TPSA) is 46.5 Å². The minimum Gasteiger partial charge on any atom is -0.508 e. The van der Waals surface area contributed by atoms with E-state index in [0.29, 0.717) is 16.9 Å². The summed E-state index contributed by atoms with van der Waals surface area (Å²) >= 11 is 3.32. The lowest BCUT2D eigenvalue weighted by molar-refractivity contribution is 0.0849. The fourth-order valence-electron chi connectivity index (χ4n) is 2.27. The Kier molecular flexibility index (Phi) is 3.22. The molecule has 3 rings (SSSR count). The number of benzene rings is 2. The molecule has 0 radical (unpaired) electrons. The number of ether oxygens (including phenoxy) is 1. The number of carbonyl (C=O) groups is 1. The molecule has 2 aromatic rings. The SMILES string of the molecule is O=C1CC(c2cc(O)cc(F)c2)Oc2cc(Br)ccc21. The van der Waals surface area contributed by atoms with Gasteiger partial charge in [0.05, 0.1) is 12.0 Å². The van der Waals surface area contributed by atoms with E-state index in [4.69, 9.17) is 4.74 Å². The molecule has 102 valence electrons. The number of fused-ring (bicyclic) bond motifs is 1. The molecule has 1 N–H and O–H groups in total. The Balaban J connectivity index is 2.00. The lowest BCUT2D eigenvalue weighted by Crippen LogP contribution is -2.20. The Hall–Kier alpha value is -1.88. The summed E-state index contributed by atoms with van der Waals surface area (Å²) in [5.74, 6) is -0.343. The molecule has 1 aliphatic rings. The number of hydrogen-bond donors (Lipinski definition) is 1. The van der Waals surface area contributed by atoms with Gasteiger partial charge in [-0.2, -0.15) is 0 Å². The van der Waals surface area contributed by atoms with Crippen LogP contribution >= 0.6 is 15.9 Å². The number of rotatable bonds is 1. The van der Waals surface area contributed by atoms with Gasteiger partial charge in [0.1, 0.15) is 23.4 Å². The first-order valence-corrected chi connectivity index (χ1v) is 6.81. The Bertz CT molecular complexity index is 679. The molecule has 20 heavy (non-hydrogen) atoms. The zero-order chi connectivity index (χ0) is 14.3. The van der Waals surface area contributed by atoms with Gasteiger partial charge in [0.15, 0.2) is 5.78 Å². The van der Waals surface area contributed by atoms with E-state index in [-0.39, 0.29) is 18.0 Å². The van der Waals surface area contributed by atoms with Crippen LogP contribution in [-0.2, 0) is 0 Å². The molecule has 3 nitrogen and oxygen atoms in total. The van der Waals surface area contributed by atoms with Crippen molar-refractivity contribution < 1.29 is 19.0 Å². The molecule has 0 aliphatic carbocycles. The number of phenols is 1. The number of Topliss-reactive ketones (excluding diaryl/α,β-unsaturated/α-hetero) is 1. The van der Waals surface area contributed by atoms with Crippen molar-refractivity contribution in [3.05, 3.63) is 57.8 Å².